The van der Waals surface area contributed by atoms with Gasteiger partial charge in [-0.25, -0.2) is 0 Å². The van der Waals surface area contributed by atoms with Gasteiger partial charge in [0.2, 0.25) is 5.91 Å². The van der Waals surface area contributed by atoms with E-state index in [-0.39, 0.29) is 18.5 Å². The second kappa shape index (κ2) is 9.53. The number of nitrogens with one attached hydrogen (secondary N) is 1. The third kappa shape index (κ3) is 6.48. The highest BCUT2D eigenvalue weighted by Crippen LogP contribution is 2.16. The normalized spacial score (nSPS) is 18.8. The van der Waals surface area contributed by atoms with Gasteiger partial charge in [0.15, 0.2) is 0 Å². The highest BCUT2D eigenvalue weighted by Gasteiger charge is 2.22. The number of aliphatic carboxylic acids is 1. The van der Waals surface area contributed by atoms with E-state index in [9.17, 15) is 9.59 Å². The number of aryl methyl sites for hydroxylation is 1. The predicted molar refractivity (Wildman–Crippen MR) is 98.8 cm³/mol. The van der Waals surface area contributed by atoms with Crippen molar-refractivity contribution in [1.82, 2.24) is 9.80 Å². The van der Waals surface area contributed by atoms with Crippen molar-refractivity contribution in [3.05, 3.63) is 29.8 Å². The second-order valence-electron chi connectivity index (χ2n) is 6.77. The molecule has 1 aromatic carbocycles. The Bertz CT molecular complexity index is 574. The zero-order valence-electron chi connectivity index (χ0n) is 15.2. The van der Waals surface area contributed by atoms with Gasteiger partial charge in [0.25, 0.3) is 0 Å². The van der Waals surface area contributed by atoms with Crippen molar-refractivity contribution in [3.63, 3.8) is 0 Å². The number of carboxylic acid groups (broad SMARTS) is 1. The molecule has 0 aromatic heterocycles. The van der Waals surface area contributed by atoms with Crippen LogP contribution in [0.1, 0.15) is 31.7 Å². The molecular formula is C19H29N3O3. The van der Waals surface area contributed by atoms with Crippen LogP contribution in [0.3, 0.4) is 0 Å². The van der Waals surface area contributed by atoms with Gasteiger partial charge in [0.05, 0.1) is 13.1 Å². The minimum atomic E-state index is -0.794. The smallest absolute Gasteiger partial charge is 0.317 e. The van der Waals surface area contributed by atoms with Gasteiger partial charge in [-0.1, -0.05) is 19.1 Å². The van der Waals surface area contributed by atoms with E-state index in [0.29, 0.717) is 6.54 Å². The average Bonchev–Trinajstić information content (AvgIpc) is 2.80. The molecule has 6 heteroatoms. The summed E-state index contributed by atoms with van der Waals surface area (Å²) in [5.41, 5.74) is 2.08. The van der Waals surface area contributed by atoms with Crippen molar-refractivity contribution in [3.8, 4) is 0 Å². The molecule has 0 aliphatic carbocycles. The summed E-state index contributed by atoms with van der Waals surface area (Å²) in [6.45, 7) is 4.24. The fourth-order valence-electron chi connectivity index (χ4n) is 3.31. The van der Waals surface area contributed by atoms with Crippen LogP contribution in [-0.2, 0) is 16.0 Å². The third-order valence-corrected chi connectivity index (χ3v) is 4.81. The highest BCUT2D eigenvalue weighted by molar-refractivity contribution is 5.92. The summed E-state index contributed by atoms with van der Waals surface area (Å²) >= 11 is 0. The minimum Gasteiger partial charge on any atom is -0.480 e. The number of amides is 1. The first-order valence-corrected chi connectivity index (χ1v) is 9.01. The lowest BCUT2D eigenvalue weighted by molar-refractivity contribution is -0.138. The Morgan fingerprint density at radius 2 is 1.96 bits per heavy atom. The maximum absolute atomic E-state index is 12.3. The van der Waals surface area contributed by atoms with Crippen LogP contribution < -0.4 is 5.32 Å². The van der Waals surface area contributed by atoms with E-state index < -0.39 is 5.97 Å². The molecule has 25 heavy (non-hydrogen) atoms. The topological polar surface area (TPSA) is 72.9 Å². The Balaban J connectivity index is 1.80. The first-order valence-electron chi connectivity index (χ1n) is 9.01. The van der Waals surface area contributed by atoms with Crippen molar-refractivity contribution in [1.29, 1.82) is 0 Å². The van der Waals surface area contributed by atoms with Gasteiger partial charge < -0.3 is 10.4 Å². The Morgan fingerprint density at radius 3 is 2.60 bits per heavy atom. The molecular weight excluding hydrogens is 318 g/mol. The Kier molecular flexibility index (Phi) is 7.40. The van der Waals surface area contributed by atoms with Crippen LogP contribution in [0.4, 0.5) is 5.69 Å². The molecule has 0 radical (unpaired) electrons. The molecule has 2 N–H and O–H groups in total. The molecule has 1 aromatic rings. The van der Waals surface area contributed by atoms with Crippen LogP contribution in [0, 0.1) is 0 Å². The summed E-state index contributed by atoms with van der Waals surface area (Å²) in [4.78, 5) is 27.2. The fraction of sp³-hybridized carbons (Fsp3) is 0.579. The van der Waals surface area contributed by atoms with Gasteiger partial charge in [-0.2, -0.15) is 0 Å². The van der Waals surface area contributed by atoms with E-state index in [4.69, 9.17) is 5.11 Å². The SMILES string of the molecule is CCc1ccc(NC(=O)CN2CCCC(N(C)CC(=O)O)CC2)cc1. The van der Waals surface area contributed by atoms with Crippen molar-refractivity contribution < 1.29 is 14.7 Å². The monoisotopic (exact) mass is 347 g/mol. The minimum absolute atomic E-state index is 0.00147. The lowest BCUT2D eigenvalue weighted by atomic mass is 10.1. The van der Waals surface area contributed by atoms with Gasteiger partial charge in [0, 0.05) is 18.3 Å². The maximum Gasteiger partial charge on any atom is 0.317 e. The summed E-state index contributed by atoms with van der Waals surface area (Å²) in [6.07, 6.45) is 3.83. The highest BCUT2D eigenvalue weighted by atomic mass is 16.4. The molecule has 0 bridgehead atoms. The number of carboxylic acids is 1. The Hall–Kier alpha value is -1.92. The van der Waals surface area contributed by atoms with Crippen molar-refractivity contribution in [2.45, 2.75) is 38.6 Å². The standard InChI is InChI=1S/C19H29N3O3/c1-3-15-6-8-16(9-7-15)20-18(23)13-22-11-4-5-17(10-12-22)21(2)14-19(24)25/h6-9,17H,3-5,10-14H2,1-2H3,(H,20,23)(H,24,25). The number of hydrogen-bond donors (Lipinski definition) is 2. The Labute approximate surface area is 149 Å². The summed E-state index contributed by atoms with van der Waals surface area (Å²) in [5.74, 6) is -0.793. The molecule has 1 aliphatic heterocycles. The van der Waals surface area contributed by atoms with Gasteiger partial charge in [-0.3, -0.25) is 19.4 Å². The fourth-order valence-corrected chi connectivity index (χ4v) is 3.31. The summed E-state index contributed by atoms with van der Waals surface area (Å²) in [6, 6.07) is 8.21. The van der Waals surface area contributed by atoms with Crippen LogP contribution in [0.2, 0.25) is 0 Å². The lowest BCUT2D eigenvalue weighted by Gasteiger charge is -2.25. The molecule has 2 rings (SSSR count). The van der Waals surface area contributed by atoms with E-state index in [1.54, 1.807) is 0 Å². The molecule has 1 atom stereocenters. The Morgan fingerprint density at radius 1 is 1.24 bits per heavy atom. The van der Waals surface area contributed by atoms with E-state index >= 15 is 0 Å². The first-order chi connectivity index (χ1) is 12.0. The van der Waals surface area contributed by atoms with Crippen molar-refractivity contribution in [2.24, 2.45) is 0 Å². The molecule has 138 valence electrons. The van der Waals surface area contributed by atoms with Gasteiger partial charge in [0.1, 0.15) is 0 Å². The van der Waals surface area contributed by atoms with E-state index in [2.05, 4.69) is 17.1 Å². The zero-order chi connectivity index (χ0) is 18.2. The molecule has 1 saturated heterocycles. The summed E-state index contributed by atoms with van der Waals surface area (Å²) < 4.78 is 0. The van der Waals surface area contributed by atoms with E-state index in [1.165, 1.54) is 5.56 Å². The number of benzene rings is 1. The number of likely N-dealkylation sites (tertiary alicyclic amines) is 1. The maximum atomic E-state index is 12.3. The number of likely N-dealkylation sites (N-methyl/N-ethyl adjacent to an activating group) is 1. The van der Waals surface area contributed by atoms with Crippen LogP contribution in [0.25, 0.3) is 0 Å². The molecule has 0 spiro atoms. The quantitative estimate of drug-likeness (QED) is 0.790. The molecule has 1 fully saturated rings. The summed E-state index contributed by atoms with van der Waals surface area (Å²) in [7, 11) is 1.86. The van der Waals surface area contributed by atoms with Crippen LogP contribution in [-0.4, -0.2) is 66.1 Å². The third-order valence-electron chi connectivity index (χ3n) is 4.81. The van der Waals surface area contributed by atoms with Crippen molar-refractivity contribution in [2.75, 3.05) is 38.5 Å². The molecule has 1 amide bonds. The van der Waals surface area contributed by atoms with E-state index in [1.807, 2.05) is 36.2 Å². The van der Waals surface area contributed by atoms with Crippen LogP contribution >= 0.6 is 0 Å². The van der Waals surface area contributed by atoms with Crippen molar-refractivity contribution >= 4 is 17.6 Å². The lowest BCUT2D eigenvalue weighted by Crippen LogP contribution is -2.37. The van der Waals surface area contributed by atoms with Crippen LogP contribution in [0.15, 0.2) is 24.3 Å². The number of hydrogen-bond acceptors (Lipinski definition) is 4. The molecule has 1 heterocycles. The second-order valence-corrected chi connectivity index (χ2v) is 6.77. The van der Waals surface area contributed by atoms with Gasteiger partial charge in [-0.05, 0) is 57.0 Å². The first kappa shape index (κ1) is 19.4. The zero-order valence-corrected chi connectivity index (χ0v) is 15.2. The molecule has 0 saturated carbocycles. The predicted octanol–water partition coefficient (Wildman–Crippen LogP) is 2.06. The van der Waals surface area contributed by atoms with E-state index in [0.717, 1.165) is 44.5 Å². The summed E-state index contributed by atoms with van der Waals surface area (Å²) in [5, 5.41) is 11.9. The number of carbonyl (C=O) groups excluding carboxylic acids is 1. The van der Waals surface area contributed by atoms with Gasteiger partial charge in [-0.15, -0.1) is 0 Å². The molecule has 1 unspecified atom stereocenters. The number of rotatable bonds is 7. The van der Waals surface area contributed by atoms with Gasteiger partial charge >= 0.3 is 5.97 Å². The molecule has 6 nitrogen and oxygen atoms in total. The number of carbonyl (C=O) groups is 2. The largest absolute Gasteiger partial charge is 0.480 e. The number of anilines is 1. The number of nitrogens with zero attached hydrogens (tertiary/aromatic N) is 2. The van der Waals surface area contributed by atoms with Crippen LogP contribution in [0.5, 0.6) is 0 Å². The molecule has 1 aliphatic rings. The average molecular weight is 347 g/mol.